The minimum atomic E-state index is 0.0514. The first kappa shape index (κ1) is 14.2. The second-order valence-corrected chi connectivity index (χ2v) is 5.31. The van der Waals surface area contributed by atoms with Crippen molar-refractivity contribution in [2.45, 2.75) is 25.8 Å². The van der Waals surface area contributed by atoms with E-state index in [1.807, 2.05) is 24.4 Å². The van der Waals surface area contributed by atoms with Crippen LogP contribution < -0.4 is 11.3 Å². The molecule has 0 amide bonds. The maximum Gasteiger partial charge on any atom is 0.0526 e. The molecule has 0 bridgehead atoms. The largest absolute Gasteiger partial charge is 0.271 e. The first-order valence-electron chi connectivity index (χ1n) is 6.39. The fourth-order valence-corrected chi connectivity index (χ4v) is 2.57. The molecule has 2 rings (SSSR count). The lowest BCUT2D eigenvalue weighted by Crippen LogP contribution is -2.30. The second-order valence-electron chi connectivity index (χ2n) is 4.46. The third kappa shape index (κ3) is 3.62. The Hall–Kier alpha value is -1.23. The summed E-state index contributed by atoms with van der Waals surface area (Å²) in [5.74, 6) is 5.68. The molecule has 0 aliphatic rings. The van der Waals surface area contributed by atoms with Crippen molar-refractivity contribution in [3.05, 3.63) is 63.9 Å². The molecule has 1 heterocycles. The van der Waals surface area contributed by atoms with Gasteiger partial charge in [0.25, 0.3) is 0 Å². The fraction of sp³-hybridized carbons (Fsp3) is 0.267. The number of aryl methyl sites for hydroxylation is 1. The molecule has 0 aliphatic heterocycles. The SMILES string of the molecule is CCc1ccc(CC(NN)c2ccccc2Br)nc1. The lowest BCUT2D eigenvalue weighted by Gasteiger charge is -2.17. The van der Waals surface area contributed by atoms with Crippen LogP contribution >= 0.6 is 15.9 Å². The number of rotatable bonds is 5. The first-order chi connectivity index (χ1) is 9.24. The number of aromatic nitrogens is 1. The smallest absolute Gasteiger partial charge is 0.0526 e. The predicted molar refractivity (Wildman–Crippen MR) is 81.5 cm³/mol. The molecule has 1 aromatic heterocycles. The van der Waals surface area contributed by atoms with Gasteiger partial charge in [0.05, 0.1) is 6.04 Å². The van der Waals surface area contributed by atoms with Gasteiger partial charge in [-0.2, -0.15) is 0 Å². The summed E-state index contributed by atoms with van der Waals surface area (Å²) >= 11 is 3.56. The molecule has 1 aromatic carbocycles. The molecule has 3 N–H and O–H groups in total. The van der Waals surface area contributed by atoms with Crippen LogP contribution in [0.4, 0.5) is 0 Å². The monoisotopic (exact) mass is 319 g/mol. The Labute approximate surface area is 122 Å². The minimum Gasteiger partial charge on any atom is -0.271 e. The van der Waals surface area contributed by atoms with Crippen molar-refractivity contribution in [2.24, 2.45) is 5.84 Å². The van der Waals surface area contributed by atoms with E-state index in [-0.39, 0.29) is 6.04 Å². The van der Waals surface area contributed by atoms with Crippen LogP contribution in [-0.2, 0) is 12.8 Å². The summed E-state index contributed by atoms with van der Waals surface area (Å²) in [5, 5.41) is 0. The molecule has 3 nitrogen and oxygen atoms in total. The van der Waals surface area contributed by atoms with Crippen molar-refractivity contribution >= 4 is 15.9 Å². The van der Waals surface area contributed by atoms with E-state index in [0.29, 0.717) is 0 Å². The molecule has 1 atom stereocenters. The van der Waals surface area contributed by atoms with E-state index in [1.54, 1.807) is 0 Å². The van der Waals surface area contributed by atoms with Crippen LogP contribution in [0.3, 0.4) is 0 Å². The van der Waals surface area contributed by atoms with Gasteiger partial charge in [0.2, 0.25) is 0 Å². The number of hydrazine groups is 1. The molecule has 100 valence electrons. The van der Waals surface area contributed by atoms with Crippen molar-refractivity contribution in [1.29, 1.82) is 0 Å². The Morgan fingerprint density at radius 1 is 1.26 bits per heavy atom. The highest BCUT2D eigenvalue weighted by Gasteiger charge is 2.13. The molecule has 0 fully saturated rings. The average Bonchev–Trinajstić information content (AvgIpc) is 2.46. The number of nitrogens with two attached hydrogens (primary N) is 1. The Balaban J connectivity index is 2.17. The number of pyridine rings is 1. The molecule has 19 heavy (non-hydrogen) atoms. The zero-order valence-corrected chi connectivity index (χ0v) is 12.5. The van der Waals surface area contributed by atoms with Crippen LogP contribution in [0.1, 0.15) is 29.8 Å². The third-order valence-electron chi connectivity index (χ3n) is 3.19. The summed E-state index contributed by atoms with van der Waals surface area (Å²) in [6, 6.07) is 12.3. The Morgan fingerprint density at radius 3 is 2.63 bits per heavy atom. The molecule has 0 spiro atoms. The molecule has 0 saturated heterocycles. The van der Waals surface area contributed by atoms with Gasteiger partial charge in [0.1, 0.15) is 0 Å². The highest BCUT2D eigenvalue weighted by molar-refractivity contribution is 9.10. The van der Waals surface area contributed by atoms with Crippen LogP contribution in [0.5, 0.6) is 0 Å². The molecule has 4 heteroatoms. The molecular weight excluding hydrogens is 302 g/mol. The molecular formula is C15H18BrN3. The van der Waals surface area contributed by atoms with Crippen molar-refractivity contribution in [3.63, 3.8) is 0 Å². The van der Waals surface area contributed by atoms with Gasteiger partial charge < -0.3 is 0 Å². The summed E-state index contributed by atoms with van der Waals surface area (Å²) in [7, 11) is 0. The maximum absolute atomic E-state index is 5.68. The molecule has 0 radical (unpaired) electrons. The lowest BCUT2D eigenvalue weighted by atomic mass is 10.0. The fourth-order valence-electron chi connectivity index (χ4n) is 2.01. The van der Waals surface area contributed by atoms with Crippen LogP contribution in [0.25, 0.3) is 0 Å². The van der Waals surface area contributed by atoms with Gasteiger partial charge in [-0.05, 0) is 29.7 Å². The standard InChI is InChI=1S/C15H18BrN3/c1-2-11-7-8-12(18-10-11)9-15(19-17)13-5-3-4-6-14(13)16/h3-8,10,15,19H,2,9,17H2,1H3. The minimum absolute atomic E-state index is 0.0514. The molecule has 0 aliphatic carbocycles. The predicted octanol–water partition coefficient (Wildman–Crippen LogP) is 3.15. The van der Waals surface area contributed by atoms with Gasteiger partial charge in [-0.25, -0.2) is 0 Å². The average molecular weight is 320 g/mol. The van der Waals surface area contributed by atoms with E-state index < -0.39 is 0 Å². The molecule has 2 aromatic rings. The van der Waals surface area contributed by atoms with E-state index in [0.717, 1.165) is 28.6 Å². The lowest BCUT2D eigenvalue weighted by molar-refractivity contribution is 0.544. The zero-order chi connectivity index (χ0) is 13.7. The first-order valence-corrected chi connectivity index (χ1v) is 7.18. The number of hydrogen-bond acceptors (Lipinski definition) is 3. The van der Waals surface area contributed by atoms with Crippen molar-refractivity contribution in [3.8, 4) is 0 Å². The van der Waals surface area contributed by atoms with Crippen LogP contribution in [0.2, 0.25) is 0 Å². The van der Waals surface area contributed by atoms with Gasteiger partial charge in [0.15, 0.2) is 0 Å². The Kier molecular flexibility index (Phi) is 5.07. The van der Waals surface area contributed by atoms with Crippen LogP contribution in [0.15, 0.2) is 47.1 Å². The van der Waals surface area contributed by atoms with Crippen molar-refractivity contribution < 1.29 is 0 Å². The van der Waals surface area contributed by atoms with E-state index in [1.165, 1.54) is 5.56 Å². The van der Waals surface area contributed by atoms with Crippen LogP contribution in [-0.4, -0.2) is 4.98 Å². The number of nitrogens with zero attached hydrogens (tertiary/aromatic N) is 1. The topological polar surface area (TPSA) is 50.9 Å². The van der Waals surface area contributed by atoms with Gasteiger partial charge in [-0.1, -0.05) is 47.1 Å². The highest BCUT2D eigenvalue weighted by Crippen LogP contribution is 2.25. The quantitative estimate of drug-likeness (QED) is 0.657. The normalized spacial score (nSPS) is 12.4. The molecule has 0 saturated carbocycles. The summed E-state index contributed by atoms with van der Waals surface area (Å²) in [6.45, 7) is 2.13. The second kappa shape index (κ2) is 6.80. The van der Waals surface area contributed by atoms with E-state index in [2.05, 4.69) is 51.5 Å². The van der Waals surface area contributed by atoms with E-state index >= 15 is 0 Å². The third-order valence-corrected chi connectivity index (χ3v) is 3.91. The Bertz CT molecular complexity index is 525. The zero-order valence-electron chi connectivity index (χ0n) is 10.9. The highest BCUT2D eigenvalue weighted by atomic mass is 79.9. The maximum atomic E-state index is 5.68. The van der Waals surface area contributed by atoms with Crippen molar-refractivity contribution in [2.75, 3.05) is 0 Å². The van der Waals surface area contributed by atoms with Crippen LogP contribution in [0, 0.1) is 0 Å². The summed E-state index contributed by atoms with van der Waals surface area (Å²) in [4.78, 5) is 4.48. The van der Waals surface area contributed by atoms with Gasteiger partial charge >= 0.3 is 0 Å². The molecule has 1 unspecified atom stereocenters. The number of halogens is 1. The van der Waals surface area contributed by atoms with E-state index in [4.69, 9.17) is 5.84 Å². The number of hydrogen-bond donors (Lipinski definition) is 2. The van der Waals surface area contributed by atoms with Gasteiger partial charge in [-0.3, -0.25) is 16.3 Å². The Morgan fingerprint density at radius 2 is 2.05 bits per heavy atom. The number of nitrogens with one attached hydrogen (secondary N) is 1. The van der Waals surface area contributed by atoms with Crippen molar-refractivity contribution in [1.82, 2.24) is 10.4 Å². The summed E-state index contributed by atoms with van der Waals surface area (Å²) in [6.07, 6.45) is 3.71. The summed E-state index contributed by atoms with van der Waals surface area (Å²) in [5.41, 5.74) is 6.30. The van der Waals surface area contributed by atoms with Gasteiger partial charge in [-0.15, -0.1) is 0 Å². The number of benzene rings is 1. The van der Waals surface area contributed by atoms with E-state index in [9.17, 15) is 0 Å². The summed E-state index contributed by atoms with van der Waals surface area (Å²) < 4.78 is 1.06. The van der Waals surface area contributed by atoms with Gasteiger partial charge in [0, 0.05) is 22.8 Å².